The number of carbonyl (C=O) groups excluding carboxylic acids is 1. The van der Waals surface area contributed by atoms with E-state index in [2.05, 4.69) is 0 Å². The van der Waals surface area contributed by atoms with Gasteiger partial charge in [0.25, 0.3) is 0 Å². The van der Waals surface area contributed by atoms with E-state index < -0.39 is 12.0 Å². The Morgan fingerprint density at radius 3 is 2.77 bits per heavy atom. The Morgan fingerprint density at radius 2 is 2.14 bits per heavy atom. The summed E-state index contributed by atoms with van der Waals surface area (Å²) in [6.45, 7) is 2.45. The van der Waals surface area contributed by atoms with Crippen molar-refractivity contribution in [2.24, 2.45) is 5.92 Å². The average Bonchev–Trinajstić information content (AvgIpc) is 2.53. The van der Waals surface area contributed by atoms with Gasteiger partial charge in [0.05, 0.1) is 13.2 Å². The standard InChI is InChI=1S/C15H18FNO4S/c1-10(9-22-12-4-2-11(16)3-5-12)14(18)17-6-7-21-8-13(17)15(19)20/h2-5,10,13H,6-9H2,1H3,(H,19,20). The van der Waals surface area contributed by atoms with Gasteiger partial charge in [-0.3, -0.25) is 4.79 Å². The number of hydrogen-bond acceptors (Lipinski definition) is 4. The lowest BCUT2D eigenvalue weighted by molar-refractivity contribution is -0.159. The number of amides is 1. The molecule has 2 rings (SSSR count). The van der Waals surface area contributed by atoms with E-state index in [4.69, 9.17) is 9.84 Å². The van der Waals surface area contributed by atoms with Crippen LogP contribution < -0.4 is 0 Å². The van der Waals surface area contributed by atoms with Gasteiger partial charge in [-0.15, -0.1) is 11.8 Å². The van der Waals surface area contributed by atoms with Gasteiger partial charge in [0.1, 0.15) is 5.82 Å². The molecule has 22 heavy (non-hydrogen) atoms. The minimum Gasteiger partial charge on any atom is -0.480 e. The molecule has 0 radical (unpaired) electrons. The highest BCUT2D eigenvalue weighted by atomic mass is 32.2. The predicted molar refractivity (Wildman–Crippen MR) is 80.2 cm³/mol. The van der Waals surface area contributed by atoms with E-state index in [0.717, 1.165) is 4.90 Å². The summed E-state index contributed by atoms with van der Waals surface area (Å²) in [4.78, 5) is 25.9. The van der Waals surface area contributed by atoms with Crippen LogP contribution in [0.5, 0.6) is 0 Å². The number of nitrogens with zero attached hydrogens (tertiary/aromatic N) is 1. The molecule has 1 fully saturated rings. The summed E-state index contributed by atoms with van der Waals surface area (Å²) >= 11 is 1.45. The molecular formula is C15H18FNO4S. The summed E-state index contributed by atoms with van der Waals surface area (Å²) in [7, 11) is 0. The Balaban J connectivity index is 1.93. The molecule has 1 aromatic rings. The van der Waals surface area contributed by atoms with Crippen LogP contribution in [-0.2, 0) is 14.3 Å². The third-order valence-corrected chi connectivity index (χ3v) is 4.70. The SMILES string of the molecule is CC(CSc1ccc(F)cc1)C(=O)N1CCOCC1C(=O)O. The van der Waals surface area contributed by atoms with Crippen LogP contribution in [0.25, 0.3) is 0 Å². The smallest absolute Gasteiger partial charge is 0.328 e. The Kier molecular flexibility index (Phi) is 5.79. The van der Waals surface area contributed by atoms with Gasteiger partial charge in [-0.2, -0.15) is 0 Å². The van der Waals surface area contributed by atoms with Crippen molar-refractivity contribution in [2.75, 3.05) is 25.5 Å². The van der Waals surface area contributed by atoms with Crippen LogP contribution >= 0.6 is 11.8 Å². The van der Waals surface area contributed by atoms with Crippen LogP contribution in [0.4, 0.5) is 4.39 Å². The van der Waals surface area contributed by atoms with Crippen LogP contribution in [-0.4, -0.2) is 53.4 Å². The van der Waals surface area contributed by atoms with Gasteiger partial charge in [-0.05, 0) is 24.3 Å². The van der Waals surface area contributed by atoms with Crippen molar-refractivity contribution in [1.82, 2.24) is 4.90 Å². The summed E-state index contributed by atoms with van der Waals surface area (Å²) in [5.41, 5.74) is 0. The van der Waals surface area contributed by atoms with Gasteiger partial charge < -0.3 is 14.7 Å². The van der Waals surface area contributed by atoms with E-state index in [0.29, 0.717) is 18.9 Å². The largest absolute Gasteiger partial charge is 0.480 e. The summed E-state index contributed by atoms with van der Waals surface area (Å²) in [6.07, 6.45) is 0. The highest BCUT2D eigenvalue weighted by Gasteiger charge is 2.34. The zero-order chi connectivity index (χ0) is 16.1. The number of aliphatic carboxylic acids is 1. The molecule has 2 unspecified atom stereocenters. The first-order chi connectivity index (χ1) is 10.5. The zero-order valence-corrected chi connectivity index (χ0v) is 13.0. The average molecular weight is 327 g/mol. The highest BCUT2D eigenvalue weighted by Crippen LogP contribution is 2.23. The fourth-order valence-corrected chi connectivity index (χ4v) is 3.09. The van der Waals surface area contributed by atoms with E-state index >= 15 is 0 Å². The molecule has 5 nitrogen and oxygen atoms in total. The summed E-state index contributed by atoms with van der Waals surface area (Å²) in [5.74, 6) is -1.36. The number of ether oxygens (including phenoxy) is 1. The van der Waals surface area contributed by atoms with Crippen LogP contribution in [0, 0.1) is 11.7 Å². The molecule has 0 saturated carbocycles. The Bertz CT molecular complexity index is 537. The highest BCUT2D eigenvalue weighted by molar-refractivity contribution is 7.99. The molecule has 1 amide bonds. The fourth-order valence-electron chi connectivity index (χ4n) is 2.18. The van der Waals surface area contributed by atoms with Crippen LogP contribution in [0.3, 0.4) is 0 Å². The van der Waals surface area contributed by atoms with Crippen molar-refractivity contribution in [3.05, 3.63) is 30.1 Å². The first-order valence-corrected chi connectivity index (χ1v) is 7.97. The summed E-state index contributed by atoms with van der Waals surface area (Å²) in [5, 5.41) is 9.16. The molecule has 120 valence electrons. The molecule has 7 heteroatoms. The van der Waals surface area contributed by atoms with Gasteiger partial charge in [0, 0.05) is 23.1 Å². The van der Waals surface area contributed by atoms with Crippen LogP contribution in [0.2, 0.25) is 0 Å². The molecular weight excluding hydrogens is 309 g/mol. The number of benzene rings is 1. The van der Waals surface area contributed by atoms with Gasteiger partial charge in [-0.1, -0.05) is 6.92 Å². The molecule has 2 atom stereocenters. The van der Waals surface area contributed by atoms with Gasteiger partial charge >= 0.3 is 5.97 Å². The topological polar surface area (TPSA) is 66.8 Å². The second-order valence-corrected chi connectivity index (χ2v) is 6.22. The van der Waals surface area contributed by atoms with Crippen LogP contribution in [0.1, 0.15) is 6.92 Å². The Morgan fingerprint density at radius 1 is 1.45 bits per heavy atom. The summed E-state index contributed by atoms with van der Waals surface area (Å²) in [6, 6.07) is 5.14. The predicted octanol–water partition coefficient (Wildman–Crippen LogP) is 1.87. The van der Waals surface area contributed by atoms with Gasteiger partial charge in [0.15, 0.2) is 6.04 Å². The van der Waals surface area contributed by atoms with E-state index in [1.165, 1.54) is 28.8 Å². The van der Waals surface area contributed by atoms with E-state index in [1.807, 2.05) is 0 Å². The molecule has 0 aliphatic carbocycles. The monoisotopic (exact) mass is 327 g/mol. The van der Waals surface area contributed by atoms with E-state index in [-0.39, 0.29) is 24.2 Å². The second kappa shape index (κ2) is 7.60. The number of rotatable bonds is 5. The molecule has 1 heterocycles. The number of carboxylic acids is 1. The van der Waals surface area contributed by atoms with Gasteiger partial charge in [0.2, 0.25) is 5.91 Å². The lowest BCUT2D eigenvalue weighted by Gasteiger charge is -2.34. The minimum absolute atomic E-state index is 0.0267. The van der Waals surface area contributed by atoms with Crippen molar-refractivity contribution in [3.63, 3.8) is 0 Å². The minimum atomic E-state index is -1.05. The van der Waals surface area contributed by atoms with Crippen molar-refractivity contribution in [3.8, 4) is 0 Å². The lowest BCUT2D eigenvalue weighted by Crippen LogP contribution is -2.54. The maximum Gasteiger partial charge on any atom is 0.328 e. The van der Waals surface area contributed by atoms with Crippen molar-refractivity contribution in [1.29, 1.82) is 0 Å². The molecule has 0 bridgehead atoms. The number of halogens is 1. The van der Waals surface area contributed by atoms with Crippen LogP contribution in [0.15, 0.2) is 29.2 Å². The maximum atomic E-state index is 12.8. The third-order valence-electron chi connectivity index (χ3n) is 3.43. The quantitative estimate of drug-likeness (QED) is 0.836. The summed E-state index contributed by atoms with van der Waals surface area (Å²) < 4.78 is 18.0. The Labute approximate surface area is 132 Å². The molecule has 0 aromatic heterocycles. The molecule has 1 aromatic carbocycles. The molecule has 1 N–H and O–H groups in total. The second-order valence-electron chi connectivity index (χ2n) is 5.13. The first-order valence-electron chi connectivity index (χ1n) is 6.98. The van der Waals surface area contributed by atoms with E-state index in [9.17, 15) is 14.0 Å². The number of thioether (sulfide) groups is 1. The lowest BCUT2D eigenvalue weighted by atomic mass is 10.1. The molecule has 0 spiro atoms. The number of hydrogen-bond donors (Lipinski definition) is 1. The fraction of sp³-hybridized carbons (Fsp3) is 0.467. The third kappa shape index (κ3) is 4.20. The normalized spacial score (nSPS) is 19.7. The number of carbonyl (C=O) groups is 2. The zero-order valence-electron chi connectivity index (χ0n) is 12.2. The van der Waals surface area contributed by atoms with Crippen molar-refractivity contribution >= 4 is 23.6 Å². The first kappa shape index (κ1) is 16.8. The van der Waals surface area contributed by atoms with Crippen molar-refractivity contribution < 1.29 is 23.8 Å². The molecule has 1 saturated heterocycles. The molecule has 1 aliphatic heterocycles. The maximum absolute atomic E-state index is 12.8. The Hall–Kier alpha value is -1.60. The molecule has 1 aliphatic rings. The van der Waals surface area contributed by atoms with Crippen molar-refractivity contribution in [2.45, 2.75) is 17.9 Å². The van der Waals surface area contributed by atoms with E-state index in [1.54, 1.807) is 19.1 Å². The number of carboxylic acid groups (broad SMARTS) is 1. The number of morpholine rings is 1. The van der Waals surface area contributed by atoms with Gasteiger partial charge in [-0.25, -0.2) is 9.18 Å².